The van der Waals surface area contributed by atoms with E-state index in [1.54, 1.807) is 0 Å². The lowest BCUT2D eigenvalue weighted by atomic mass is 9.79. The van der Waals surface area contributed by atoms with Gasteiger partial charge in [-0.3, -0.25) is 4.79 Å². The van der Waals surface area contributed by atoms with Crippen LogP contribution in [-0.2, 0) is 16.6 Å². The first kappa shape index (κ1) is 14.0. The van der Waals surface area contributed by atoms with Crippen LogP contribution >= 0.6 is 0 Å². The molecule has 1 fully saturated rings. The molecule has 1 aromatic rings. The van der Waals surface area contributed by atoms with E-state index in [9.17, 15) is 27.5 Å². The number of hydrogen-bond donors (Lipinski definition) is 1. The lowest BCUT2D eigenvalue weighted by Crippen LogP contribution is -2.31. The summed E-state index contributed by atoms with van der Waals surface area (Å²) in [6, 6.07) is 2.40. The number of hydrogen-bond acceptors (Lipinski definition) is 2. The van der Waals surface area contributed by atoms with E-state index in [0.717, 1.165) is 6.07 Å². The number of alkyl halides is 3. The molecule has 0 aromatic heterocycles. The van der Waals surface area contributed by atoms with Crippen LogP contribution in [0.1, 0.15) is 36.8 Å². The number of ketones is 1. The molecular weight excluding hydrogens is 264 g/mol. The average Bonchev–Trinajstić information content (AvgIpc) is 2.31. The van der Waals surface area contributed by atoms with Crippen molar-refractivity contribution in [3.05, 3.63) is 35.1 Å². The van der Waals surface area contributed by atoms with Crippen molar-refractivity contribution in [3.8, 4) is 0 Å². The Labute approximate surface area is 107 Å². The van der Waals surface area contributed by atoms with Crippen molar-refractivity contribution in [3.63, 3.8) is 0 Å². The number of halogens is 4. The maximum atomic E-state index is 13.4. The highest BCUT2D eigenvalue weighted by Crippen LogP contribution is 2.38. The molecule has 0 heterocycles. The maximum absolute atomic E-state index is 13.4. The molecule has 0 bridgehead atoms. The summed E-state index contributed by atoms with van der Waals surface area (Å²) in [5, 5.41) is 10.3. The van der Waals surface area contributed by atoms with Gasteiger partial charge in [-0.05, 0) is 30.5 Å². The van der Waals surface area contributed by atoms with Gasteiger partial charge in [-0.1, -0.05) is 6.07 Å². The predicted octanol–water partition coefficient (Wildman–Crippen LogP) is 3.18. The zero-order valence-electron chi connectivity index (χ0n) is 9.93. The van der Waals surface area contributed by atoms with Crippen molar-refractivity contribution in [2.45, 2.75) is 37.5 Å². The molecule has 104 valence electrons. The zero-order valence-corrected chi connectivity index (χ0v) is 9.93. The van der Waals surface area contributed by atoms with Crippen molar-refractivity contribution < 1.29 is 27.5 Å². The normalized spacial score (nSPS) is 19.5. The average molecular weight is 276 g/mol. The lowest BCUT2D eigenvalue weighted by molar-refractivity contribution is -0.140. The lowest BCUT2D eigenvalue weighted by Gasteiger charge is -2.32. The quantitative estimate of drug-likeness (QED) is 0.800. The molecule has 0 saturated heterocycles. The van der Waals surface area contributed by atoms with Crippen LogP contribution in [0.5, 0.6) is 0 Å². The third kappa shape index (κ3) is 2.78. The summed E-state index contributed by atoms with van der Waals surface area (Å²) in [5.74, 6) is -1.41. The fraction of sp³-hybridized carbons (Fsp3) is 0.462. The Morgan fingerprint density at radius 3 is 2.21 bits per heavy atom. The molecule has 0 spiro atoms. The van der Waals surface area contributed by atoms with Gasteiger partial charge >= 0.3 is 6.18 Å². The number of aliphatic hydroxyl groups is 1. The number of Topliss-reactive ketones (excluding diaryl/α,β-unsaturated/α-hetero) is 1. The second-order valence-corrected chi connectivity index (χ2v) is 4.76. The van der Waals surface area contributed by atoms with Crippen molar-refractivity contribution in [2.24, 2.45) is 0 Å². The van der Waals surface area contributed by atoms with Gasteiger partial charge in [-0.2, -0.15) is 13.2 Å². The summed E-state index contributed by atoms with van der Waals surface area (Å²) < 4.78 is 50.7. The Bertz CT molecular complexity index is 498. The topological polar surface area (TPSA) is 37.3 Å². The van der Waals surface area contributed by atoms with Gasteiger partial charge in [0.15, 0.2) is 0 Å². The van der Waals surface area contributed by atoms with Gasteiger partial charge in [0.2, 0.25) is 0 Å². The van der Waals surface area contributed by atoms with Crippen molar-refractivity contribution in [2.75, 3.05) is 0 Å². The van der Waals surface area contributed by atoms with Gasteiger partial charge < -0.3 is 5.11 Å². The second-order valence-electron chi connectivity index (χ2n) is 4.76. The zero-order chi connectivity index (χ0) is 14.3. The molecule has 0 atom stereocenters. The largest absolute Gasteiger partial charge is 0.419 e. The molecule has 2 nitrogen and oxygen atoms in total. The fourth-order valence-electron chi connectivity index (χ4n) is 2.27. The first-order valence-corrected chi connectivity index (χ1v) is 5.84. The molecule has 0 amide bonds. The van der Waals surface area contributed by atoms with E-state index >= 15 is 0 Å². The highest BCUT2D eigenvalue weighted by Gasteiger charge is 2.38. The van der Waals surface area contributed by atoms with E-state index in [0.29, 0.717) is 12.1 Å². The van der Waals surface area contributed by atoms with Gasteiger partial charge in [0.05, 0.1) is 11.2 Å². The Morgan fingerprint density at radius 1 is 1.16 bits per heavy atom. The monoisotopic (exact) mass is 276 g/mol. The Balaban J connectivity index is 2.32. The minimum absolute atomic E-state index is 0.00272. The smallest absolute Gasteiger partial charge is 0.385 e. The molecule has 2 rings (SSSR count). The van der Waals surface area contributed by atoms with Crippen molar-refractivity contribution in [1.82, 2.24) is 0 Å². The summed E-state index contributed by atoms with van der Waals surface area (Å²) in [4.78, 5) is 11.1. The van der Waals surface area contributed by atoms with Gasteiger partial charge in [0.1, 0.15) is 11.6 Å². The number of carbonyl (C=O) groups is 1. The van der Waals surface area contributed by atoms with Crippen LogP contribution in [0.3, 0.4) is 0 Å². The summed E-state index contributed by atoms with van der Waals surface area (Å²) in [6.45, 7) is 0. The van der Waals surface area contributed by atoms with E-state index in [2.05, 4.69) is 0 Å². The molecule has 6 heteroatoms. The van der Waals surface area contributed by atoms with Gasteiger partial charge in [0.25, 0.3) is 0 Å². The van der Waals surface area contributed by atoms with Crippen molar-refractivity contribution in [1.29, 1.82) is 0 Å². The molecule has 1 aliphatic carbocycles. The van der Waals surface area contributed by atoms with E-state index in [1.165, 1.54) is 0 Å². The van der Waals surface area contributed by atoms with E-state index in [1.807, 2.05) is 0 Å². The molecular formula is C13H12F4O2. The predicted molar refractivity (Wildman–Crippen MR) is 58.8 cm³/mol. The van der Waals surface area contributed by atoms with Gasteiger partial charge in [-0.25, -0.2) is 4.39 Å². The summed E-state index contributed by atoms with van der Waals surface area (Å²) >= 11 is 0. The van der Waals surface area contributed by atoms with Crippen LogP contribution < -0.4 is 0 Å². The van der Waals surface area contributed by atoms with Crippen LogP contribution in [0.25, 0.3) is 0 Å². The number of rotatable bonds is 1. The van der Waals surface area contributed by atoms with E-state index in [4.69, 9.17) is 0 Å². The molecule has 1 saturated carbocycles. The van der Waals surface area contributed by atoms with Crippen LogP contribution in [0.4, 0.5) is 17.6 Å². The van der Waals surface area contributed by atoms with E-state index in [-0.39, 0.29) is 37.0 Å². The highest BCUT2D eigenvalue weighted by atomic mass is 19.4. The molecule has 0 radical (unpaired) electrons. The summed E-state index contributed by atoms with van der Waals surface area (Å²) in [6.07, 6.45) is -4.24. The Morgan fingerprint density at radius 2 is 1.74 bits per heavy atom. The number of benzene rings is 1. The second kappa shape index (κ2) is 4.59. The van der Waals surface area contributed by atoms with Gasteiger partial charge in [-0.15, -0.1) is 0 Å². The fourth-order valence-corrected chi connectivity index (χ4v) is 2.27. The Kier molecular flexibility index (Phi) is 3.38. The third-order valence-corrected chi connectivity index (χ3v) is 3.45. The first-order chi connectivity index (χ1) is 8.72. The van der Waals surface area contributed by atoms with Gasteiger partial charge in [0, 0.05) is 12.8 Å². The summed E-state index contributed by atoms with van der Waals surface area (Å²) in [5.41, 5.74) is -2.68. The summed E-state index contributed by atoms with van der Waals surface area (Å²) in [7, 11) is 0. The highest BCUT2D eigenvalue weighted by molar-refractivity contribution is 5.79. The molecule has 0 aliphatic heterocycles. The number of carbonyl (C=O) groups excluding carboxylic acids is 1. The van der Waals surface area contributed by atoms with Crippen LogP contribution in [-0.4, -0.2) is 10.9 Å². The SMILES string of the molecule is O=C1CCC(O)(c2ccc(C(F)(F)F)c(F)c2)CC1. The van der Waals surface area contributed by atoms with E-state index < -0.39 is 23.2 Å². The van der Waals surface area contributed by atoms with Crippen molar-refractivity contribution >= 4 is 5.78 Å². The third-order valence-electron chi connectivity index (χ3n) is 3.45. The molecule has 1 aliphatic rings. The first-order valence-electron chi connectivity index (χ1n) is 5.84. The minimum atomic E-state index is -4.76. The minimum Gasteiger partial charge on any atom is -0.385 e. The van der Waals surface area contributed by atoms with Crippen LogP contribution in [0.2, 0.25) is 0 Å². The molecule has 19 heavy (non-hydrogen) atoms. The van der Waals surface area contributed by atoms with Crippen LogP contribution in [0.15, 0.2) is 18.2 Å². The standard InChI is InChI=1S/C13H12F4O2/c14-11-7-8(1-2-10(11)13(15,16)17)12(19)5-3-9(18)4-6-12/h1-2,7,19H,3-6H2. The molecule has 1 N–H and O–H groups in total. The van der Waals surface area contributed by atoms with Crippen LogP contribution in [0, 0.1) is 5.82 Å². The molecule has 0 unspecified atom stereocenters. The molecule has 1 aromatic carbocycles. The Hall–Kier alpha value is -1.43. The maximum Gasteiger partial charge on any atom is 0.419 e.